The zero-order valence-electron chi connectivity index (χ0n) is 13.1. The van der Waals surface area contributed by atoms with Crippen LogP contribution in [0.3, 0.4) is 0 Å². The van der Waals surface area contributed by atoms with Crippen molar-refractivity contribution >= 4 is 44.8 Å². The Hall–Kier alpha value is -1.76. The second-order valence-corrected chi connectivity index (χ2v) is 7.59. The van der Waals surface area contributed by atoms with Gasteiger partial charge in [-0.05, 0) is 49.7 Å². The molecule has 0 spiro atoms. The zero-order valence-corrected chi connectivity index (χ0v) is 15.4. The van der Waals surface area contributed by atoms with Gasteiger partial charge < -0.3 is 5.32 Å². The number of nitrogens with one attached hydrogen (secondary N) is 2. The third-order valence-corrected chi connectivity index (χ3v) is 5.20. The predicted molar refractivity (Wildman–Crippen MR) is 96.5 cm³/mol. The van der Waals surface area contributed by atoms with Gasteiger partial charge in [0, 0.05) is 17.1 Å². The van der Waals surface area contributed by atoms with Crippen LogP contribution in [0, 0.1) is 6.92 Å². The number of carbonyl (C=O) groups is 1. The third kappa shape index (κ3) is 4.20. The largest absolute Gasteiger partial charge is 0.352 e. The van der Waals surface area contributed by atoms with Gasteiger partial charge in [0.25, 0.3) is 15.9 Å². The fourth-order valence-corrected chi connectivity index (χ4v) is 3.54. The summed E-state index contributed by atoms with van der Waals surface area (Å²) in [5.74, 6) is -0.326. The molecule has 2 aromatic carbocycles. The van der Waals surface area contributed by atoms with Crippen LogP contribution in [0.4, 0.5) is 5.69 Å². The Kier molecular flexibility index (Phi) is 5.74. The second kappa shape index (κ2) is 7.42. The van der Waals surface area contributed by atoms with Crippen LogP contribution in [0.15, 0.2) is 41.3 Å². The van der Waals surface area contributed by atoms with Crippen molar-refractivity contribution in [2.45, 2.75) is 18.7 Å². The molecular formula is C16H16Cl2N2O3S. The number of hydrogen-bond donors (Lipinski definition) is 2. The van der Waals surface area contributed by atoms with Crippen LogP contribution in [0.25, 0.3) is 0 Å². The molecule has 5 nitrogen and oxygen atoms in total. The molecule has 0 atom stereocenters. The quantitative estimate of drug-likeness (QED) is 0.818. The highest BCUT2D eigenvalue weighted by Crippen LogP contribution is 2.28. The number of carbonyl (C=O) groups excluding carboxylic acids is 1. The highest BCUT2D eigenvalue weighted by Gasteiger charge is 2.19. The highest BCUT2D eigenvalue weighted by atomic mass is 35.5. The average molecular weight is 387 g/mol. The summed E-state index contributed by atoms with van der Waals surface area (Å²) in [6.45, 7) is 3.98. The van der Waals surface area contributed by atoms with Gasteiger partial charge in [0.15, 0.2) is 0 Å². The van der Waals surface area contributed by atoms with Crippen molar-refractivity contribution in [3.05, 3.63) is 57.6 Å². The highest BCUT2D eigenvalue weighted by molar-refractivity contribution is 7.92. The van der Waals surface area contributed by atoms with E-state index in [1.807, 2.05) is 0 Å². The van der Waals surface area contributed by atoms with E-state index in [1.165, 1.54) is 24.3 Å². The number of benzene rings is 2. The SMILES string of the molecule is CCNC(=O)c1cc(S(=O)(=O)Nc2cc(Cl)ccc2Cl)ccc1C. The summed E-state index contributed by atoms with van der Waals surface area (Å²) in [5.41, 5.74) is 1.15. The first-order chi connectivity index (χ1) is 11.2. The molecule has 0 unspecified atom stereocenters. The van der Waals surface area contributed by atoms with E-state index >= 15 is 0 Å². The van der Waals surface area contributed by atoms with Crippen molar-refractivity contribution in [2.24, 2.45) is 0 Å². The predicted octanol–water partition coefficient (Wildman–Crippen LogP) is 3.85. The lowest BCUT2D eigenvalue weighted by molar-refractivity contribution is 0.0955. The van der Waals surface area contributed by atoms with Crippen molar-refractivity contribution in [2.75, 3.05) is 11.3 Å². The monoisotopic (exact) mass is 386 g/mol. The van der Waals surface area contributed by atoms with Crippen LogP contribution in [0.2, 0.25) is 10.0 Å². The summed E-state index contributed by atoms with van der Waals surface area (Å²) >= 11 is 11.9. The molecule has 0 radical (unpaired) electrons. The molecular weight excluding hydrogens is 371 g/mol. The van der Waals surface area contributed by atoms with Crippen molar-refractivity contribution in [3.63, 3.8) is 0 Å². The molecule has 0 aliphatic heterocycles. The Morgan fingerprint density at radius 3 is 2.50 bits per heavy atom. The summed E-state index contributed by atoms with van der Waals surface area (Å²) < 4.78 is 27.5. The molecule has 0 aliphatic carbocycles. The minimum absolute atomic E-state index is 0.0367. The topological polar surface area (TPSA) is 75.3 Å². The summed E-state index contributed by atoms with van der Waals surface area (Å²) in [6.07, 6.45) is 0. The number of amides is 1. The number of sulfonamides is 1. The smallest absolute Gasteiger partial charge is 0.261 e. The van der Waals surface area contributed by atoms with E-state index in [2.05, 4.69) is 10.0 Å². The molecule has 2 N–H and O–H groups in total. The molecule has 24 heavy (non-hydrogen) atoms. The van der Waals surface area contributed by atoms with Crippen LogP contribution < -0.4 is 10.0 Å². The van der Waals surface area contributed by atoms with E-state index in [0.717, 1.165) is 0 Å². The van der Waals surface area contributed by atoms with Crippen LogP contribution in [-0.4, -0.2) is 20.9 Å². The van der Waals surface area contributed by atoms with E-state index in [1.54, 1.807) is 26.0 Å². The number of aryl methyl sites for hydroxylation is 1. The molecule has 0 heterocycles. The molecule has 2 aromatic rings. The Balaban J connectivity index is 2.41. The van der Waals surface area contributed by atoms with Gasteiger partial charge in [-0.15, -0.1) is 0 Å². The first kappa shape index (κ1) is 18.6. The van der Waals surface area contributed by atoms with Crippen LogP contribution >= 0.6 is 23.2 Å². The second-order valence-electron chi connectivity index (χ2n) is 5.07. The van der Waals surface area contributed by atoms with Crippen molar-refractivity contribution in [1.82, 2.24) is 5.32 Å². The van der Waals surface area contributed by atoms with E-state index in [-0.39, 0.29) is 21.5 Å². The van der Waals surface area contributed by atoms with Gasteiger partial charge in [-0.3, -0.25) is 9.52 Å². The molecule has 2 rings (SSSR count). The minimum atomic E-state index is -3.91. The maximum Gasteiger partial charge on any atom is 0.261 e. The normalized spacial score (nSPS) is 11.2. The number of rotatable bonds is 5. The molecule has 1 amide bonds. The summed E-state index contributed by atoms with van der Waals surface area (Å²) in [5, 5.41) is 3.23. The molecule has 0 saturated carbocycles. The van der Waals surface area contributed by atoms with Crippen LogP contribution in [-0.2, 0) is 10.0 Å². The molecule has 8 heteroatoms. The molecule has 128 valence electrons. The maximum atomic E-state index is 12.6. The number of halogens is 2. The van der Waals surface area contributed by atoms with Gasteiger partial charge in [-0.2, -0.15) is 0 Å². The zero-order chi connectivity index (χ0) is 17.9. The van der Waals surface area contributed by atoms with Crippen molar-refractivity contribution < 1.29 is 13.2 Å². The van der Waals surface area contributed by atoms with Gasteiger partial charge in [0.1, 0.15) is 0 Å². The average Bonchev–Trinajstić information content (AvgIpc) is 2.51. The minimum Gasteiger partial charge on any atom is -0.352 e. The Labute approximate surface area is 151 Å². The van der Waals surface area contributed by atoms with E-state index in [0.29, 0.717) is 22.7 Å². The van der Waals surface area contributed by atoms with Gasteiger partial charge in [0.2, 0.25) is 0 Å². The fraction of sp³-hybridized carbons (Fsp3) is 0.188. The van der Waals surface area contributed by atoms with E-state index < -0.39 is 10.0 Å². The van der Waals surface area contributed by atoms with Gasteiger partial charge in [0.05, 0.1) is 15.6 Å². The first-order valence-corrected chi connectivity index (χ1v) is 9.35. The van der Waals surface area contributed by atoms with Crippen LogP contribution in [0.5, 0.6) is 0 Å². The standard InChI is InChI=1S/C16H16Cl2N2O3S/c1-3-19-16(21)13-9-12(6-4-10(13)2)24(22,23)20-15-8-11(17)5-7-14(15)18/h4-9,20H,3H2,1-2H3,(H,19,21). The summed E-state index contributed by atoms with van der Waals surface area (Å²) in [7, 11) is -3.91. The third-order valence-electron chi connectivity index (χ3n) is 3.27. The lowest BCUT2D eigenvalue weighted by Gasteiger charge is -2.12. The Morgan fingerprint density at radius 1 is 1.12 bits per heavy atom. The molecule has 0 aromatic heterocycles. The van der Waals surface area contributed by atoms with Crippen molar-refractivity contribution in [1.29, 1.82) is 0 Å². The summed E-state index contributed by atoms with van der Waals surface area (Å²) in [6, 6.07) is 8.82. The van der Waals surface area contributed by atoms with Gasteiger partial charge >= 0.3 is 0 Å². The fourth-order valence-electron chi connectivity index (χ4n) is 2.05. The summed E-state index contributed by atoms with van der Waals surface area (Å²) in [4.78, 5) is 12.0. The van der Waals surface area contributed by atoms with Gasteiger partial charge in [-0.25, -0.2) is 8.42 Å². The lowest BCUT2D eigenvalue weighted by atomic mass is 10.1. The molecule has 0 aliphatic rings. The maximum absolute atomic E-state index is 12.6. The first-order valence-electron chi connectivity index (χ1n) is 7.11. The van der Waals surface area contributed by atoms with E-state index in [9.17, 15) is 13.2 Å². The van der Waals surface area contributed by atoms with Crippen LogP contribution in [0.1, 0.15) is 22.8 Å². The molecule has 0 saturated heterocycles. The Morgan fingerprint density at radius 2 is 1.83 bits per heavy atom. The Bertz CT molecular complexity index is 883. The molecule has 0 bridgehead atoms. The van der Waals surface area contributed by atoms with E-state index in [4.69, 9.17) is 23.2 Å². The van der Waals surface area contributed by atoms with Gasteiger partial charge in [-0.1, -0.05) is 29.3 Å². The number of hydrogen-bond acceptors (Lipinski definition) is 3. The van der Waals surface area contributed by atoms with Crippen molar-refractivity contribution in [3.8, 4) is 0 Å². The lowest BCUT2D eigenvalue weighted by Crippen LogP contribution is -2.24. The number of anilines is 1. The molecule has 0 fully saturated rings.